The van der Waals surface area contributed by atoms with Crippen LogP contribution in [0.2, 0.25) is 0 Å². The lowest BCUT2D eigenvalue weighted by molar-refractivity contribution is 0.0991. The summed E-state index contributed by atoms with van der Waals surface area (Å²) in [6.07, 6.45) is 3.09. The van der Waals surface area contributed by atoms with Crippen molar-refractivity contribution in [3.8, 4) is 0 Å². The van der Waals surface area contributed by atoms with Gasteiger partial charge in [0, 0.05) is 32.2 Å². The molecule has 0 radical (unpaired) electrons. The number of amides is 1. The van der Waals surface area contributed by atoms with Crippen molar-refractivity contribution in [2.75, 3.05) is 19.0 Å². The monoisotopic (exact) mass is 378 g/mol. The lowest BCUT2D eigenvalue weighted by Crippen LogP contribution is -2.33. The molecule has 2 rings (SSSR count). The third-order valence-corrected chi connectivity index (χ3v) is 6.43. The molecule has 0 N–H and O–H groups in total. The second kappa shape index (κ2) is 8.05. The van der Waals surface area contributed by atoms with E-state index in [4.69, 9.17) is 4.42 Å². The van der Waals surface area contributed by atoms with Crippen molar-refractivity contribution in [3.63, 3.8) is 0 Å². The highest BCUT2D eigenvalue weighted by Crippen LogP contribution is 2.23. The molecule has 0 aliphatic carbocycles. The number of furan rings is 1. The maximum atomic E-state index is 12.7. The Bertz CT molecular complexity index is 854. The molecule has 1 aromatic carbocycles. The molecule has 0 spiro atoms. The fraction of sp³-hybridized carbons (Fsp3) is 0.421. The first-order valence-corrected chi connectivity index (χ1v) is 10.1. The van der Waals surface area contributed by atoms with Crippen molar-refractivity contribution in [2.24, 2.45) is 0 Å². The highest BCUT2D eigenvalue weighted by atomic mass is 32.2. The van der Waals surface area contributed by atoms with Gasteiger partial charge in [0.05, 0.1) is 16.7 Å². The van der Waals surface area contributed by atoms with E-state index >= 15 is 0 Å². The van der Waals surface area contributed by atoms with Gasteiger partial charge in [0.2, 0.25) is 10.0 Å². The van der Waals surface area contributed by atoms with E-state index in [1.165, 1.54) is 27.6 Å². The summed E-state index contributed by atoms with van der Waals surface area (Å²) in [5.74, 6) is 0.485. The largest absolute Gasteiger partial charge is 0.469 e. The molecule has 0 atom stereocenters. The van der Waals surface area contributed by atoms with Crippen LogP contribution in [-0.4, -0.2) is 38.8 Å². The Morgan fingerprint density at radius 2 is 1.73 bits per heavy atom. The smallest absolute Gasteiger partial charge is 0.261 e. The molecule has 142 valence electrons. The maximum Gasteiger partial charge on any atom is 0.261 e. The SMILES string of the molecule is CCCc1occc1C(=O)N(C)c1ccc(S(=O)(=O)N(C)C(C)C)cc1. The van der Waals surface area contributed by atoms with Crippen molar-refractivity contribution >= 4 is 21.6 Å². The maximum absolute atomic E-state index is 12.7. The molecule has 0 bridgehead atoms. The topological polar surface area (TPSA) is 70.8 Å². The summed E-state index contributed by atoms with van der Waals surface area (Å²) in [6.45, 7) is 5.65. The minimum absolute atomic E-state index is 0.137. The average molecular weight is 378 g/mol. The van der Waals surface area contributed by atoms with Gasteiger partial charge in [0.25, 0.3) is 5.91 Å². The number of hydrogen-bond donors (Lipinski definition) is 0. The predicted molar refractivity (Wildman–Crippen MR) is 102 cm³/mol. The van der Waals surface area contributed by atoms with Crippen LogP contribution in [0.3, 0.4) is 0 Å². The van der Waals surface area contributed by atoms with Crippen molar-refractivity contribution < 1.29 is 17.6 Å². The van der Waals surface area contributed by atoms with Gasteiger partial charge in [0.1, 0.15) is 5.76 Å². The third kappa shape index (κ3) is 3.99. The average Bonchev–Trinajstić information content (AvgIpc) is 3.08. The lowest BCUT2D eigenvalue weighted by Gasteiger charge is -2.22. The summed E-state index contributed by atoms with van der Waals surface area (Å²) in [5.41, 5.74) is 1.15. The number of anilines is 1. The van der Waals surface area contributed by atoms with Crippen molar-refractivity contribution in [3.05, 3.63) is 47.9 Å². The molecule has 0 unspecified atom stereocenters. The van der Waals surface area contributed by atoms with Crippen LogP contribution in [0.15, 0.2) is 45.9 Å². The van der Waals surface area contributed by atoms with Crippen molar-refractivity contribution in [1.29, 1.82) is 0 Å². The first-order chi connectivity index (χ1) is 12.2. The number of carbonyl (C=O) groups is 1. The first-order valence-electron chi connectivity index (χ1n) is 8.62. The second-order valence-electron chi connectivity index (χ2n) is 6.48. The van der Waals surface area contributed by atoms with Gasteiger partial charge in [0.15, 0.2) is 0 Å². The van der Waals surface area contributed by atoms with Gasteiger partial charge in [-0.25, -0.2) is 8.42 Å². The van der Waals surface area contributed by atoms with Crippen LogP contribution >= 0.6 is 0 Å². The van der Waals surface area contributed by atoms with Gasteiger partial charge < -0.3 is 9.32 Å². The number of rotatable bonds is 7. The number of aryl methyl sites for hydroxylation is 1. The van der Waals surface area contributed by atoms with Crippen molar-refractivity contribution in [2.45, 2.75) is 44.6 Å². The summed E-state index contributed by atoms with van der Waals surface area (Å²) >= 11 is 0. The molecule has 1 heterocycles. The lowest BCUT2D eigenvalue weighted by atomic mass is 10.1. The molecular weight excluding hydrogens is 352 g/mol. The Labute approximate surface area is 155 Å². The molecule has 1 aromatic heterocycles. The number of carbonyl (C=O) groups excluding carboxylic acids is 1. The highest BCUT2D eigenvalue weighted by molar-refractivity contribution is 7.89. The van der Waals surface area contributed by atoms with Crippen LogP contribution in [-0.2, 0) is 16.4 Å². The predicted octanol–water partition coefficient (Wildman–Crippen LogP) is 3.54. The Morgan fingerprint density at radius 1 is 1.12 bits per heavy atom. The molecule has 7 heteroatoms. The molecule has 0 aliphatic rings. The minimum atomic E-state index is -3.54. The van der Waals surface area contributed by atoms with Crippen molar-refractivity contribution in [1.82, 2.24) is 4.31 Å². The fourth-order valence-electron chi connectivity index (χ4n) is 2.54. The van der Waals surface area contributed by atoms with Gasteiger partial charge >= 0.3 is 0 Å². The number of benzene rings is 1. The number of sulfonamides is 1. The molecule has 0 saturated heterocycles. The van der Waals surface area contributed by atoms with Gasteiger partial charge in [-0.3, -0.25) is 4.79 Å². The molecule has 6 nitrogen and oxygen atoms in total. The molecule has 0 saturated carbocycles. The van der Waals surface area contributed by atoms with Gasteiger partial charge in [-0.2, -0.15) is 4.31 Å². The van der Waals surface area contributed by atoms with Crippen LogP contribution in [0.25, 0.3) is 0 Å². The van der Waals surface area contributed by atoms with Gasteiger partial charge in [-0.1, -0.05) is 6.92 Å². The Morgan fingerprint density at radius 3 is 2.27 bits per heavy atom. The molecule has 0 aliphatic heterocycles. The first kappa shape index (κ1) is 20.2. The molecular formula is C19H26N2O4S. The van der Waals surface area contributed by atoms with E-state index in [1.807, 2.05) is 20.8 Å². The summed E-state index contributed by atoms with van der Waals surface area (Å²) in [5, 5.41) is 0. The number of hydrogen-bond acceptors (Lipinski definition) is 4. The van der Waals surface area contributed by atoms with Gasteiger partial charge in [-0.05, 0) is 50.6 Å². The third-order valence-electron chi connectivity index (χ3n) is 4.39. The Balaban J connectivity index is 2.25. The van der Waals surface area contributed by atoms with E-state index in [2.05, 4.69) is 0 Å². The van der Waals surface area contributed by atoms with Crippen LogP contribution in [0.5, 0.6) is 0 Å². The summed E-state index contributed by atoms with van der Waals surface area (Å²) < 4.78 is 31.8. The molecule has 26 heavy (non-hydrogen) atoms. The van der Waals surface area contributed by atoms with Gasteiger partial charge in [-0.15, -0.1) is 0 Å². The molecule has 2 aromatic rings. The zero-order chi connectivity index (χ0) is 19.5. The normalized spacial score (nSPS) is 12.0. The standard InChI is InChI=1S/C19H26N2O4S/c1-6-7-18-17(12-13-25-18)19(22)20(4)15-8-10-16(11-9-15)26(23,24)21(5)14(2)3/h8-14H,6-7H2,1-5H3. The second-order valence-corrected chi connectivity index (χ2v) is 8.48. The Hall–Kier alpha value is -2.12. The highest BCUT2D eigenvalue weighted by Gasteiger charge is 2.24. The molecule has 0 fully saturated rings. The van der Waals surface area contributed by atoms with E-state index in [9.17, 15) is 13.2 Å². The van der Waals surface area contributed by atoms with Crippen LogP contribution < -0.4 is 4.90 Å². The van der Waals surface area contributed by atoms with Crippen LogP contribution in [0, 0.1) is 0 Å². The van der Waals surface area contributed by atoms with E-state index in [1.54, 1.807) is 32.3 Å². The zero-order valence-electron chi connectivity index (χ0n) is 15.9. The summed E-state index contributed by atoms with van der Waals surface area (Å²) in [6, 6.07) is 7.85. The quantitative estimate of drug-likeness (QED) is 0.739. The zero-order valence-corrected chi connectivity index (χ0v) is 16.7. The fourth-order valence-corrected chi connectivity index (χ4v) is 3.90. The summed E-state index contributed by atoms with van der Waals surface area (Å²) in [4.78, 5) is 14.4. The van der Waals surface area contributed by atoms with Crippen LogP contribution in [0.4, 0.5) is 5.69 Å². The Kier molecular flexibility index (Phi) is 6.26. The minimum Gasteiger partial charge on any atom is -0.469 e. The van der Waals surface area contributed by atoms with E-state index in [0.29, 0.717) is 23.4 Å². The molecule has 1 amide bonds. The number of nitrogens with zero attached hydrogens (tertiary/aromatic N) is 2. The van der Waals surface area contributed by atoms with Crippen LogP contribution in [0.1, 0.15) is 43.3 Å². The van der Waals surface area contributed by atoms with E-state index in [-0.39, 0.29) is 16.8 Å². The van der Waals surface area contributed by atoms with E-state index < -0.39 is 10.0 Å². The van der Waals surface area contributed by atoms with E-state index in [0.717, 1.165) is 6.42 Å². The summed E-state index contributed by atoms with van der Waals surface area (Å²) in [7, 11) is -0.329.